The smallest absolute Gasteiger partial charge is 0.408 e. The number of aromatic amines is 1. The minimum Gasteiger partial charge on any atom is -0.408 e. The number of carbonyl (C=O) groups is 2. The molecular formula is C15H18N2O4. The molecule has 0 spiro atoms. The molecule has 1 aromatic heterocycles. The molecule has 2 aromatic rings. The number of ketones is 1. The summed E-state index contributed by atoms with van der Waals surface area (Å²) in [5.74, 6) is -0.713. The Bertz CT molecular complexity index is 710. The molecule has 6 heteroatoms. The second-order valence-electron chi connectivity index (χ2n) is 4.71. The molecule has 21 heavy (non-hydrogen) atoms. The zero-order valence-electron chi connectivity index (χ0n) is 12.1. The minimum absolute atomic E-state index is 0.0254. The van der Waals surface area contributed by atoms with Crippen LogP contribution in [-0.2, 0) is 4.79 Å². The van der Waals surface area contributed by atoms with Crippen molar-refractivity contribution in [2.75, 3.05) is 13.1 Å². The molecule has 0 aliphatic heterocycles. The van der Waals surface area contributed by atoms with Crippen molar-refractivity contribution in [1.82, 2.24) is 9.88 Å². The highest BCUT2D eigenvalue weighted by Gasteiger charge is 2.14. The van der Waals surface area contributed by atoms with Crippen LogP contribution in [0.2, 0.25) is 0 Å². The predicted molar refractivity (Wildman–Crippen MR) is 78.3 cm³/mol. The van der Waals surface area contributed by atoms with Crippen molar-refractivity contribution < 1.29 is 14.0 Å². The van der Waals surface area contributed by atoms with E-state index in [2.05, 4.69) is 4.98 Å². The first-order valence-electron chi connectivity index (χ1n) is 6.99. The summed E-state index contributed by atoms with van der Waals surface area (Å²) in [4.78, 5) is 39.2. The molecule has 0 atom stereocenters. The molecular weight excluding hydrogens is 272 g/mol. The normalized spacial score (nSPS) is 10.8. The summed E-state index contributed by atoms with van der Waals surface area (Å²) in [6.45, 7) is 5.10. The molecule has 6 nitrogen and oxygen atoms in total. The van der Waals surface area contributed by atoms with Crippen LogP contribution in [0, 0.1) is 0 Å². The summed E-state index contributed by atoms with van der Waals surface area (Å²) in [6, 6.07) is 4.77. The summed E-state index contributed by atoms with van der Waals surface area (Å²) in [5, 5.41) is 0. The van der Waals surface area contributed by atoms with Crippen molar-refractivity contribution in [3.05, 3.63) is 34.3 Å². The van der Waals surface area contributed by atoms with E-state index in [0.29, 0.717) is 29.8 Å². The molecule has 0 saturated heterocycles. The lowest BCUT2D eigenvalue weighted by molar-refractivity contribution is -0.130. The van der Waals surface area contributed by atoms with Crippen molar-refractivity contribution in [2.45, 2.75) is 26.7 Å². The van der Waals surface area contributed by atoms with Gasteiger partial charge in [0.2, 0.25) is 5.91 Å². The van der Waals surface area contributed by atoms with Crippen LogP contribution in [0.4, 0.5) is 0 Å². The van der Waals surface area contributed by atoms with E-state index in [1.807, 2.05) is 13.8 Å². The maximum Gasteiger partial charge on any atom is 0.417 e. The number of carbonyl (C=O) groups excluding carboxylic acids is 2. The largest absolute Gasteiger partial charge is 0.417 e. The van der Waals surface area contributed by atoms with E-state index in [9.17, 15) is 14.4 Å². The molecule has 0 bridgehead atoms. The Balaban J connectivity index is 2.05. The van der Waals surface area contributed by atoms with E-state index in [1.165, 1.54) is 6.07 Å². The Morgan fingerprint density at radius 3 is 2.57 bits per heavy atom. The summed E-state index contributed by atoms with van der Waals surface area (Å²) in [5.41, 5.74) is 1.34. The summed E-state index contributed by atoms with van der Waals surface area (Å²) >= 11 is 0. The SMILES string of the molecule is CCN(CC)C(=O)CCC(=O)c1ccc2[nH]c(=O)oc2c1. The Kier molecular flexibility index (Phi) is 4.57. The van der Waals surface area contributed by atoms with Crippen LogP contribution in [0.15, 0.2) is 27.4 Å². The number of fused-ring (bicyclic) bond motifs is 1. The lowest BCUT2D eigenvalue weighted by Crippen LogP contribution is -2.30. The van der Waals surface area contributed by atoms with Gasteiger partial charge in [0, 0.05) is 31.5 Å². The number of oxazole rings is 1. The first-order valence-corrected chi connectivity index (χ1v) is 6.99. The van der Waals surface area contributed by atoms with Crippen molar-refractivity contribution in [3.8, 4) is 0 Å². The van der Waals surface area contributed by atoms with Gasteiger partial charge in [0.15, 0.2) is 11.4 Å². The van der Waals surface area contributed by atoms with Crippen LogP contribution in [0.1, 0.15) is 37.0 Å². The molecule has 0 aliphatic carbocycles. The van der Waals surface area contributed by atoms with Gasteiger partial charge in [0.1, 0.15) is 0 Å². The number of amides is 1. The Morgan fingerprint density at radius 2 is 1.90 bits per heavy atom. The number of nitrogens with zero attached hydrogens (tertiary/aromatic N) is 1. The van der Waals surface area contributed by atoms with Gasteiger partial charge in [-0.1, -0.05) is 0 Å². The fraction of sp³-hybridized carbons (Fsp3) is 0.400. The fourth-order valence-electron chi connectivity index (χ4n) is 2.22. The third-order valence-electron chi connectivity index (χ3n) is 3.43. The van der Waals surface area contributed by atoms with Gasteiger partial charge in [0.05, 0.1) is 5.52 Å². The van der Waals surface area contributed by atoms with Crippen LogP contribution in [-0.4, -0.2) is 34.7 Å². The standard InChI is InChI=1S/C15H18N2O4/c1-3-17(4-2)14(19)8-7-12(18)10-5-6-11-13(9-10)21-15(20)16-11/h5-6,9H,3-4,7-8H2,1-2H3,(H,16,20). The third kappa shape index (κ3) is 3.39. The maximum atomic E-state index is 12.1. The zero-order valence-corrected chi connectivity index (χ0v) is 12.1. The second kappa shape index (κ2) is 6.39. The van der Waals surface area contributed by atoms with Gasteiger partial charge in [-0.25, -0.2) is 4.79 Å². The number of hydrogen-bond acceptors (Lipinski definition) is 4. The zero-order chi connectivity index (χ0) is 15.4. The first-order chi connectivity index (χ1) is 10.0. The Hall–Kier alpha value is -2.37. The van der Waals surface area contributed by atoms with Crippen LogP contribution in [0.5, 0.6) is 0 Å². The van der Waals surface area contributed by atoms with E-state index >= 15 is 0 Å². The van der Waals surface area contributed by atoms with Crippen molar-refractivity contribution in [2.24, 2.45) is 0 Å². The number of hydrogen-bond donors (Lipinski definition) is 1. The van der Waals surface area contributed by atoms with Crippen molar-refractivity contribution >= 4 is 22.8 Å². The lowest BCUT2D eigenvalue weighted by atomic mass is 10.1. The van der Waals surface area contributed by atoms with Crippen molar-refractivity contribution in [1.29, 1.82) is 0 Å². The molecule has 0 unspecified atom stereocenters. The van der Waals surface area contributed by atoms with Crippen LogP contribution in [0.3, 0.4) is 0 Å². The van der Waals surface area contributed by atoms with Gasteiger partial charge in [-0.15, -0.1) is 0 Å². The first kappa shape index (κ1) is 15.0. The maximum absolute atomic E-state index is 12.1. The fourth-order valence-corrected chi connectivity index (χ4v) is 2.22. The second-order valence-corrected chi connectivity index (χ2v) is 4.71. The van der Waals surface area contributed by atoms with Gasteiger partial charge < -0.3 is 9.32 Å². The number of benzene rings is 1. The topological polar surface area (TPSA) is 83.4 Å². The van der Waals surface area contributed by atoms with Crippen LogP contribution in [0.25, 0.3) is 11.1 Å². The highest BCUT2D eigenvalue weighted by molar-refractivity contribution is 6.00. The van der Waals surface area contributed by atoms with Gasteiger partial charge in [-0.05, 0) is 32.0 Å². The average molecular weight is 290 g/mol. The van der Waals surface area contributed by atoms with Crippen LogP contribution < -0.4 is 5.76 Å². The highest BCUT2D eigenvalue weighted by Crippen LogP contribution is 2.14. The molecule has 0 radical (unpaired) electrons. The molecule has 0 fully saturated rings. The number of nitrogens with one attached hydrogen (secondary N) is 1. The van der Waals surface area contributed by atoms with Gasteiger partial charge in [-0.2, -0.15) is 0 Å². The molecule has 112 valence electrons. The molecule has 0 aliphatic rings. The quantitative estimate of drug-likeness (QED) is 0.824. The number of Topliss-reactive ketones (excluding diaryl/α,β-unsaturated/α-hetero) is 1. The molecule has 1 aromatic carbocycles. The van der Waals surface area contributed by atoms with E-state index in [1.54, 1.807) is 17.0 Å². The average Bonchev–Trinajstić information content (AvgIpc) is 2.85. The van der Waals surface area contributed by atoms with Crippen molar-refractivity contribution in [3.63, 3.8) is 0 Å². The summed E-state index contributed by atoms with van der Waals surface area (Å²) < 4.78 is 4.92. The third-order valence-corrected chi connectivity index (χ3v) is 3.43. The summed E-state index contributed by atoms with van der Waals surface area (Å²) in [7, 11) is 0. The predicted octanol–water partition coefficient (Wildman–Crippen LogP) is 1.95. The number of aromatic nitrogens is 1. The monoisotopic (exact) mass is 290 g/mol. The van der Waals surface area contributed by atoms with Gasteiger partial charge in [-0.3, -0.25) is 14.6 Å². The van der Waals surface area contributed by atoms with Crippen LogP contribution >= 0.6 is 0 Å². The van der Waals surface area contributed by atoms with Gasteiger partial charge >= 0.3 is 5.76 Å². The minimum atomic E-state index is -0.550. The highest BCUT2D eigenvalue weighted by atomic mass is 16.4. The molecule has 1 N–H and O–H groups in total. The molecule has 0 saturated carbocycles. The number of rotatable bonds is 6. The molecule has 1 heterocycles. The lowest BCUT2D eigenvalue weighted by Gasteiger charge is -2.18. The van der Waals surface area contributed by atoms with E-state index in [0.717, 1.165) is 0 Å². The molecule has 2 rings (SSSR count). The number of H-pyrrole nitrogens is 1. The van der Waals surface area contributed by atoms with Gasteiger partial charge in [0.25, 0.3) is 0 Å². The molecule has 1 amide bonds. The van der Waals surface area contributed by atoms with E-state index in [-0.39, 0.29) is 24.5 Å². The Morgan fingerprint density at radius 1 is 1.19 bits per heavy atom. The van der Waals surface area contributed by atoms with E-state index < -0.39 is 5.76 Å². The Labute approximate surface area is 121 Å². The summed E-state index contributed by atoms with van der Waals surface area (Å²) in [6.07, 6.45) is 0.338. The van der Waals surface area contributed by atoms with E-state index in [4.69, 9.17) is 4.42 Å².